The Labute approximate surface area is 177 Å². The fraction of sp³-hybridized carbons (Fsp3) is 0.611. The number of aromatic nitrogens is 2. The first-order valence-electron chi connectivity index (χ1n) is 10.1. The zero-order valence-corrected chi connectivity index (χ0v) is 17.5. The molecular formula is C18H27N7O4S. The maximum atomic E-state index is 12.7. The maximum Gasteiger partial charge on any atom is 0.260 e. The Morgan fingerprint density at radius 3 is 2.47 bits per heavy atom. The minimum Gasteiger partial charge on any atom is -0.633 e. The van der Waals surface area contributed by atoms with Crippen LogP contribution in [0.25, 0.3) is 10.2 Å². The molecule has 0 aliphatic carbocycles. The number of nitrogens with zero attached hydrogens (tertiary/aromatic N) is 5. The number of amides is 1. The van der Waals surface area contributed by atoms with Gasteiger partial charge in [-0.2, -0.15) is 4.98 Å². The number of piperidine rings is 1. The van der Waals surface area contributed by atoms with Crippen molar-refractivity contribution in [2.75, 3.05) is 68.0 Å². The van der Waals surface area contributed by atoms with Crippen molar-refractivity contribution in [2.45, 2.75) is 18.9 Å². The monoisotopic (exact) mass is 437 g/mol. The molecule has 0 radical (unpaired) electrons. The number of carbonyl (C=O) groups excluding carboxylic acids is 1. The molecule has 2 aliphatic heterocycles. The van der Waals surface area contributed by atoms with Crippen LogP contribution in [-0.2, 0) is 0 Å². The van der Waals surface area contributed by atoms with Crippen molar-refractivity contribution in [3.63, 3.8) is 0 Å². The Morgan fingerprint density at radius 2 is 1.87 bits per heavy atom. The molecule has 0 aromatic carbocycles. The van der Waals surface area contributed by atoms with Crippen molar-refractivity contribution in [3.8, 4) is 0 Å². The summed E-state index contributed by atoms with van der Waals surface area (Å²) >= 11 is 1.14. The average molecular weight is 438 g/mol. The van der Waals surface area contributed by atoms with Crippen molar-refractivity contribution in [3.05, 3.63) is 10.1 Å². The lowest BCUT2D eigenvalue weighted by Crippen LogP contribution is -2.57. The fourth-order valence-corrected chi connectivity index (χ4v) is 5.00. The molecule has 2 saturated heterocycles. The van der Waals surface area contributed by atoms with E-state index in [2.05, 4.69) is 4.98 Å². The molecule has 12 heteroatoms. The summed E-state index contributed by atoms with van der Waals surface area (Å²) < 4.78 is -0.441. The van der Waals surface area contributed by atoms with Gasteiger partial charge in [0.2, 0.25) is 5.95 Å². The third kappa shape index (κ3) is 3.88. The van der Waals surface area contributed by atoms with Crippen LogP contribution in [-0.4, -0.2) is 89.3 Å². The third-order valence-corrected chi connectivity index (χ3v) is 7.00. The van der Waals surface area contributed by atoms with Crippen LogP contribution in [0.2, 0.25) is 0 Å². The lowest BCUT2D eigenvalue weighted by atomic mass is 10.1. The maximum absolute atomic E-state index is 12.7. The summed E-state index contributed by atoms with van der Waals surface area (Å²) in [6.45, 7) is 2.84. The Bertz CT molecular complexity index is 936. The Hall–Kier alpha value is -2.25. The molecule has 0 unspecified atom stereocenters. The summed E-state index contributed by atoms with van der Waals surface area (Å²) in [4.78, 5) is 26.1. The predicted molar refractivity (Wildman–Crippen MR) is 115 cm³/mol. The Balaban J connectivity index is 1.73. The molecule has 0 saturated carbocycles. The van der Waals surface area contributed by atoms with E-state index in [4.69, 9.17) is 21.6 Å². The predicted octanol–water partition coefficient (Wildman–Crippen LogP) is -0.540. The van der Waals surface area contributed by atoms with Crippen molar-refractivity contribution >= 4 is 44.9 Å². The van der Waals surface area contributed by atoms with Gasteiger partial charge in [0.1, 0.15) is 22.1 Å². The first-order valence-corrected chi connectivity index (χ1v) is 10.9. The van der Waals surface area contributed by atoms with Gasteiger partial charge in [0.05, 0.1) is 50.0 Å². The highest BCUT2D eigenvalue weighted by atomic mass is 32.1. The van der Waals surface area contributed by atoms with Gasteiger partial charge in [-0.15, -0.1) is 11.3 Å². The van der Waals surface area contributed by atoms with Gasteiger partial charge in [-0.1, -0.05) is 0 Å². The number of hydrogen-bond donors (Lipinski definition) is 4. The molecule has 164 valence electrons. The standard InChI is InChI=1S/C18H27N7O4S/c19-13-12-16(23-5-7-25(29,8-6-23)9-10-26)21-18(24-3-1-11(27)2-4-24)22-17(12)30-14(13)15(20)28/h11,26-27H,1-10,19H2,(H2,20,28). The third-order valence-electron chi connectivity index (χ3n) is 5.89. The molecule has 0 spiro atoms. The lowest BCUT2D eigenvalue weighted by Gasteiger charge is -2.48. The quantitative estimate of drug-likeness (QED) is 0.355. The van der Waals surface area contributed by atoms with E-state index in [0.29, 0.717) is 74.1 Å². The van der Waals surface area contributed by atoms with Crippen LogP contribution >= 0.6 is 11.3 Å². The van der Waals surface area contributed by atoms with Crippen LogP contribution in [0.3, 0.4) is 0 Å². The van der Waals surface area contributed by atoms with E-state index in [9.17, 15) is 15.1 Å². The second-order valence-corrected chi connectivity index (χ2v) is 8.89. The SMILES string of the molecule is NC(=O)c1sc2nc(N3CCC(O)CC3)nc(N3CC[N+]([O-])(CCO)CC3)c2c1N. The highest BCUT2D eigenvalue weighted by Crippen LogP contribution is 2.39. The number of fused-ring (bicyclic) bond motifs is 1. The number of nitrogens with two attached hydrogens (primary N) is 2. The number of rotatable bonds is 5. The van der Waals surface area contributed by atoms with Crippen LogP contribution in [0.4, 0.5) is 17.5 Å². The van der Waals surface area contributed by atoms with Gasteiger partial charge < -0.3 is 41.3 Å². The van der Waals surface area contributed by atoms with E-state index < -0.39 is 10.6 Å². The molecule has 0 atom stereocenters. The zero-order chi connectivity index (χ0) is 21.5. The van der Waals surface area contributed by atoms with E-state index in [0.717, 1.165) is 11.3 Å². The van der Waals surface area contributed by atoms with Crippen molar-refractivity contribution < 1.29 is 19.7 Å². The molecule has 2 aromatic heterocycles. The smallest absolute Gasteiger partial charge is 0.260 e. The number of hydrogen-bond acceptors (Lipinski definition) is 10. The average Bonchev–Trinajstić information content (AvgIpc) is 3.05. The number of nitrogen functional groups attached to an aromatic ring is 1. The van der Waals surface area contributed by atoms with E-state index in [-0.39, 0.29) is 29.8 Å². The van der Waals surface area contributed by atoms with Gasteiger partial charge in [-0.3, -0.25) is 4.79 Å². The molecule has 11 nitrogen and oxygen atoms in total. The van der Waals surface area contributed by atoms with Crippen molar-refractivity contribution in [2.24, 2.45) is 5.73 Å². The van der Waals surface area contributed by atoms with Crippen LogP contribution < -0.4 is 21.3 Å². The topological polar surface area (TPSA) is 165 Å². The summed E-state index contributed by atoms with van der Waals surface area (Å²) in [7, 11) is 0. The fourth-order valence-electron chi connectivity index (χ4n) is 4.06. The number of carbonyl (C=O) groups is 1. The van der Waals surface area contributed by atoms with Gasteiger partial charge in [-0.25, -0.2) is 4.98 Å². The molecule has 2 aliphatic rings. The van der Waals surface area contributed by atoms with Crippen LogP contribution in [0, 0.1) is 5.21 Å². The molecule has 2 aromatic rings. The number of aliphatic hydroxyl groups is 2. The Kier molecular flexibility index (Phi) is 5.68. The normalized spacial score (nSPS) is 20.1. The number of hydroxylamine groups is 3. The first kappa shape index (κ1) is 21.0. The van der Waals surface area contributed by atoms with Crippen LogP contribution in [0.1, 0.15) is 22.5 Å². The summed E-state index contributed by atoms with van der Waals surface area (Å²) in [6.07, 6.45) is 0.952. The van der Waals surface area contributed by atoms with Gasteiger partial charge >= 0.3 is 0 Å². The van der Waals surface area contributed by atoms with Crippen LogP contribution in [0.5, 0.6) is 0 Å². The second kappa shape index (κ2) is 8.12. The van der Waals surface area contributed by atoms with Crippen molar-refractivity contribution in [1.29, 1.82) is 0 Å². The molecule has 4 heterocycles. The number of anilines is 3. The van der Waals surface area contributed by atoms with Gasteiger partial charge in [0, 0.05) is 13.1 Å². The number of piperazine rings is 1. The van der Waals surface area contributed by atoms with E-state index in [1.165, 1.54) is 0 Å². The molecule has 4 rings (SSSR count). The second-order valence-electron chi connectivity index (χ2n) is 7.89. The summed E-state index contributed by atoms with van der Waals surface area (Å²) in [5, 5.41) is 32.2. The molecule has 0 bridgehead atoms. The van der Waals surface area contributed by atoms with E-state index >= 15 is 0 Å². The van der Waals surface area contributed by atoms with E-state index in [1.54, 1.807) is 0 Å². The highest BCUT2D eigenvalue weighted by molar-refractivity contribution is 7.21. The Morgan fingerprint density at radius 1 is 1.20 bits per heavy atom. The number of thiophene rings is 1. The van der Waals surface area contributed by atoms with Gasteiger partial charge in [0.25, 0.3) is 5.91 Å². The summed E-state index contributed by atoms with van der Waals surface area (Å²) in [6, 6.07) is 0. The zero-order valence-electron chi connectivity index (χ0n) is 16.7. The molecule has 1 amide bonds. The molecule has 6 N–H and O–H groups in total. The largest absolute Gasteiger partial charge is 0.633 e. The van der Waals surface area contributed by atoms with Crippen LogP contribution in [0.15, 0.2) is 0 Å². The van der Waals surface area contributed by atoms with Gasteiger partial charge in [-0.05, 0) is 12.8 Å². The first-order chi connectivity index (χ1) is 14.3. The molecular weight excluding hydrogens is 410 g/mol. The van der Waals surface area contributed by atoms with Gasteiger partial charge in [0.15, 0.2) is 0 Å². The summed E-state index contributed by atoms with van der Waals surface area (Å²) in [5.41, 5.74) is 12.0. The lowest BCUT2D eigenvalue weighted by molar-refractivity contribution is -0.881. The van der Waals surface area contributed by atoms with Crippen molar-refractivity contribution in [1.82, 2.24) is 9.97 Å². The van der Waals surface area contributed by atoms with E-state index in [1.807, 2.05) is 9.80 Å². The summed E-state index contributed by atoms with van der Waals surface area (Å²) in [5.74, 6) is 0.504. The highest BCUT2D eigenvalue weighted by Gasteiger charge is 2.30. The number of aliphatic hydroxyl groups excluding tert-OH is 2. The molecule has 30 heavy (non-hydrogen) atoms. The number of primary amides is 1. The minimum atomic E-state index is -0.610. The minimum absolute atomic E-state index is 0.147. The molecule has 2 fully saturated rings. The number of quaternary nitrogens is 1.